The summed E-state index contributed by atoms with van der Waals surface area (Å²) in [6, 6.07) is 0. The number of methoxy groups -OCH3 is 1. The lowest BCUT2D eigenvalue weighted by atomic mass is 9.44. The second-order valence-corrected chi connectivity index (χ2v) is 10.1. The molecule has 3 saturated carbocycles. The van der Waals surface area contributed by atoms with Crippen LogP contribution in [-0.4, -0.2) is 53.6 Å². The van der Waals surface area contributed by atoms with E-state index in [2.05, 4.69) is 0 Å². The van der Waals surface area contributed by atoms with Crippen molar-refractivity contribution in [2.75, 3.05) is 7.11 Å². The molecule has 1 N–H and O–H groups in total. The highest BCUT2D eigenvalue weighted by atomic mass is 19.1. The third kappa shape index (κ3) is 2.24. The largest absolute Gasteiger partial charge is 0.510 e. The molecular formula is C23H27FO7. The number of halogens is 1. The molecule has 7 nitrogen and oxygen atoms in total. The number of hydrogen-bond acceptors (Lipinski definition) is 7. The summed E-state index contributed by atoms with van der Waals surface area (Å²) >= 11 is 0. The Kier molecular flexibility index (Phi) is 4.12. The van der Waals surface area contributed by atoms with E-state index < -0.39 is 52.4 Å². The summed E-state index contributed by atoms with van der Waals surface area (Å²) in [7, 11) is 1.21. The van der Waals surface area contributed by atoms with Gasteiger partial charge in [0.1, 0.15) is 0 Å². The summed E-state index contributed by atoms with van der Waals surface area (Å²) in [5.41, 5.74) is -4.54. The number of aliphatic hydroxyl groups excluding tert-OH is 1. The van der Waals surface area contributed by atoms with Gasteiger partial charge in [0.25, 0.3) is 0 Å². The third-order valence-electron chi connectivity index (χ3n) is 9.14. The molecule has 0 aromatic carbocycles. The molecule has 4 fully saturated rings. The molecule has 1 unspecified atom stereocenters. The van der Waals surface area contributed by atoms with Gasteiger partial charge in [-0.05, 0) is 57.1 Å². The van der Waals surface area contributed by atoms with E-state index in [0.717, 1.165) is 0 Å². The van der Waals surface area contributed by atoms with Gasteiger partial charge in [0, 0.05) is 16.7 Å². The first kappa shape index (κ1) is 20.7. The molecular weight excluding hydrogens is 407 g/mol. The Hall–Kier alpha value is -2.22. The van der Waals surface area contributed by atoms with Crippen LogP contribution < -0.4 is 0 Å². The zero-order valence-electron chi connectivity index (χ0n) is 17.9. The highest BCUT2D eigenvalue weighted by Crippen LogP contribution is 2.71. The lowest BCUT2D eigenvalue weighted by Gasteiger charge is -2.62. The van der Waals surface area contributed by atoms with Crippen LogP contribution in [-0.2, 0) is 23.8 Å². The monoisotopic (exact) mass is 434 g/mol. The Balaban J connectivity index is 1.60. The van der Waals surface area contributed by atoms with Gasteiger partial charge in [-0.2, -0.15) is 0 Å². The molecule has 5 rings (SSSR count). The molecule has 1 heterocycles. The molecule has 5 aliphatic rings. The van der Waals surface area contributed by atoms with Crippen LogP contribution in [0.25, 0.3) is 0 Å². The van der Waals surface area contributed by atoms with Crippen molar-refractivity contribution in [2.24, 2.45) is 22.7 Å². The lowest BCUT2D eigenvalue weighted by molar-refractivity contribution is -0.219. The number of carbonyl (C=O) groups is 3. The summed E-state index contributed by atoms with van der Waals surface area (Å²) in [5.74, 6) is -1.65. The highest BCUT2D eigenvalue weighted by molar-refractivity contribution is 6.01. The predicted octanol–water partition coefficient (Wildman–Crippen LogP) is 2.80. The van der Waals surface area contributed by atoms with Crippen molar-refractivity contribution in [3.05, 3.63) is 23.8 Å². The fourth-order valence-electron chi connectivity index (χ4n) is 7.59. The summed E-state index contributed by atoms with van der Waals surface area (Å²) in [6.07, 6.45) is 2.77. The van der Waals surface area contributed by atoms with Crippen molar-refractivity contribution in [1.29, 1.82) is 0 Å². The Morgan fingerprint density at radius 2 is 2.00 bits per heavy atom. The first-order valence-electron chi connectivity index (χ1n) is 10.8. The molecule has 168 valence electrons. The van der Waals surface area contributed by atoms with Gasteiger partial charge in [0.2, 0.25) is 6.10 Å². The number of ether oxygens (including phenoxy) is 3. The van der Waals surface area contributed by atoms with E-state index in [9.17, 15) is 19.5 Å². The van der Waals surface area contributed by atoms with Gasteiger partial charge in [-0.1, -0.05) is 18.6 Å². The van der Waals surface area contributed by atoms with E-state index in [0.29, 0.717) is 31.3 Å². The Bertz CT molecular complexity index is 942. The van der Waals surface area contributed by atoms with Crippen molar-refractivity contribution in [3.63, 3.8) is 0 Å². The Morgan fingerprint density at radius 1 is 1.26 bits per heavy atom. The van der Waals surface area contributed by atoms with E-state index in [4.69, 9.17) is 14.2 Å². The van der Waals surface area contributed by atoms with Crippen LogP contribution in [0, 0.1) is 22.7 Å². The zero-order chi connectivity index (χ0) is 22.4. The average molecular weight is 434 g/mol. The molecule has 8 heteroatoms. The average Bonchev–Trinajstić information content (AvgIpc) is 3.21. The van der Waals surface area contributed by atoms with Gasteiger partial charge in [-0.15, -0.1) is 0 Å². The summed E-state index contributed by atoms with van der Waals surface area (Å²) in [5, 5.41) is 11.3. The number of rotatable bonds is 1. The predicted molar refractivity (Wildman–Crippen MR) is 104 cm³/mol. The first-order valence-corrected chi connectivity index (χ1v) is 10.8. The molecule has 0 aromatic heterocycles. The minimum Gasteiger partial charge on any atom is -0.466 e. The molecule has 31 heavy (non-hydrogen) atoms. The molecule has 1 spiro atoms. The van der Waals surface area contributed by atoms with Gasteiger partial charge >= 0.3 is 12.1 Å². The summed E-state index contributed by atoms with van der Waals surface area (Å²) in [6.45, 7) is 3.61. The van der Waals surface area contributed by atoms with E-state index in [-0.39, 0.29) is 18.1 Å². The van der Waals surface area contributed by atoms with Gasteiger partial charge < -0.3 is 19.3 Å². The van der Waals surface area contributed by atoms with Crippen molar-refractivity contribution >= 4 is 17.9 Å². The number of hydrogen-bond donors (Lipinski definition) is 1. The second kappa shape index (κ2) is 6.18. The number of alkyl halides is 1. The maximum absolute atomic E-state index is 17.1. The number of aliphatic hydroxyl groups is 1. The Morgan fingerprint density at radius 3 is 2.71 bits per heavy atom. The molecule has 8 atom stereocenters. The maximum atomic E-state index is 17.1. The van der Waals surface area contributed by atoms with Crippen LogP contribution in [0.4, 0.5) is 9.18 Å². The van der Waals surface area contributed by atoms with E-state index in [1.165, 1.54) is 19.3 Å². The number of carbonyl (C=O) groups excluding carboxylic acids is 3. The van der Waals surface area contributed by atoms with Crippen LogP contribution in [0.3, 0.4) is 0 Å². The summed E-state index contributed by atoms with van der Waals surface area (Å²) < 4.78 is 32.8. The van der Waals surface area contributed by atoms with Gasteiger partial charge in [-0.25, -0.2) is 14.0 Å². The van der Waals surface area contributed by atoms with Crippen molar-refractivity contribution in [1.82, 2.24) is 0 Å². The van der Waals surface area contributed by atoms with Gasteiger partial charge in [0.05, 0.1) is 13.2 Å². The van der Waals surface area contributed by atoms with Crippen molar-refractivity contribution < 1.29 is 38.1 Å². The smallest absolute Gasteiger partial charge is 0.466 e. The van der Waals surface area contributed by atoms with Crippen LogP contribution in [0.5, 0.6) is 0 Å². The number of esters is 1. The van der Waals surface area contributed by atoms with E-state index >= 15 is 4.39 Å². The lowest BCUT2D eigenvalue weighted by Crippen LogP contribution is -2.69. The minimum absolute atomic E-state index is 0.000538. The normalized spacial score (nSPS) is 50.2. The molecule has 0 radical (unpaired) electrons. The van der Waals surface area contributed by atoms with E-state index in [1.54, 1.807) is 13.0 Å². The molecule has 0 amide bonds. The van der Waals surface area contributed by atoms with Crippen molar-refractivity contribution in [2.45, 2.75) is 69.4 Å². The maximum Gasteiger partial charge on any atom is 0.510 e. The molecule has 1 saturated heterocycles. The SMILES string of the molecule is COC(=O)[C@H]1OC(=O)O[C@@]12CC[C@H]1[C@@H]3CCC4=CC(=O)C=C[C@]4(C)[C@@]3(F)C(O)C[C@@]12C. The van der Waals surface area contributed by atoms with Gasteiger partial charge in [0.15, 0.2) is 17.1 Å². The zero-order valence-corrected chi connectivity index (χ0v) is 17.9. The van der Waals surface area contributed by atoms with Crippen LogP contribution in [0.2, 0.25) is 0 Å². The van der Waals surface area contributed by atoms with Crippen LogP contribution in [0.1, 0.15) is 46.0 Å². The molecule has 4 aliphatic carbocycles. The Labute approximate surface area is 179 Å². The van der Waals surface area contributed by atoms with E-state index in [1.807, 2.05) is 6.92 Å². The second-order valence-electron chi connectivity index (χ2n) is 10.1. The fraction of sp³-hybridized carbons (Fsp3) is 0.696. The number of cyclic esters (lactones) is 1. The molecule has 1 aliphatic heterocycles. The number of allylic oxidation sites excluding steroid dienone is 4. The minimum atomic E-state index is -1.98. The molecule has 0 aromatic rings. The number of fused-ring (bicyclic) bond motifs is 6. The summed E-state index contributed by atoms with van der Waals surface area (Å²) in [4.78, 5) is 36.5. The number of ketones is 1. The quantitative estimate of drug-likeness (QED) is 0.634. The third-order valence-corrected chi connectivity index (χ3v) is 9.14. The van der Waals surface area contributed by atoms with Crippen LogP contribution in [0.15, 0.2) is 23.8 Å². The highest BCUT2D eigenvalue weighted by Gasteiger charge is 2.78. The fourth-order valence-corrected chi connectivity index (χ4v) is 7.59. The molecule has 0 bridgehead atoms. The topological polar surface area (TPSA) is 99.1 Å². The van der Waals surface area contributed by atoms with Crippen molar-refractivity contribution in [3.8, 4) is 0 Å². The van der Waals surface area contributed by atoms with Crippen LogP contribution >= 0.6 is 0 Å². The van der Waals surface area contributed by atoms with Gasteiger partial charge in [-0.3, -0.25) is 4.79 Å². The standard InChI is InChI=1S/C23H27FO7/c1-20-8-6-13(25)10-12(20)4-5-15-14-7-9-22(17(18(27)29-3)30-19(28)31-22)21(14,2)11-16(26)23(15,20)24/h6,8,10,14-17,26H,4-5,7,9,11H2,1-3H3/t14-,15-,16?,17+,20-,21-,22-,23-/m0/s1. The first-order chi connectivity index (χ1) is 14.5.